The zero-order valence-electron chi connectivity index (χ0n) is 9.95. The number of nitrogens with zero attached hydrogens (tertiary/aromatic N) is 2. The van der Waals surface area contributed by atoms with E-state index in [2.05, 4.69) is 6.07 Å². The van der Waals surface area contributed by atoms with Gasteiger partial charge in [0.25, 0.3) is 0 Å². The van der Waals surface area contributed by atoms with Gasteiger partial charge in [0.15, 0.2) is 3.95 Å². The highest BCUT2D eigenvalue weighted by Crippen LogP contribution is 2.22. The molecule has 0 saturated heterocycles. The van der Waals surface area contributed by atoms with Crippen LogP contribution in [-0.4, -0.2) is 46.0 Å². The number of thiazole rings is 1. The lowest BCUT2D eigenvalue weighted by atomic mass is 10.3. The van der Waals surface area contributed by atoms with Crippen molar-refractivity contribution in [3.8, 4) is 0 Å². The molecule has 0 unspecified atom stereocenters. The van der Waals surface area contributed by atoms with Crippen LogP contribution in [0.1, 0.15) is 0 Å². The third-order valence-electron chi connectivity index (χ3n) is 2.75. The molecule has 0 atom stereocenters. The average molecular weight is 284 g/mol. The number of aliphatic hydroxyl groups is 2. The van der Waals surface area contributed by atoms with Gasteiger partial charge in [-0.1, -0.05) is 12.1 Å². The van der Waals surface area contributed by atoms with E-state index in [0.29, 0.717) is 19.8 Å². The summed E-state index contributed by atoms with van der Waals surface area (Å²) in [5.74, 6) is 0. The Morgan fingerprint density at radius 3 is 2.50 bits per heavy atom. The Balaban J connectivity index is 2.29. The summed E-state index contributed by atoms with van der Waals surface area (Å²) in [4.78, 5) is 1.98. The van der Waals surface area contributed by atoms with Crippen LogP contribution >= 0.6 is 23.6 Å². The Hall–Kier alpha value is -0.790. The SMILES string of the molecule is OCCN(CCO)Cn1c(=S)sc2ccccc21. The van der Waals surface area contributed by atoms with Gasteiger partial charge in [0.05, 0.1) is 30.1 Å². The second kappa shape index (κ2) is 6.40. The number of para-hydroxylation sites is 1. The first-order valence-electron chi connectivity index (χ1n) is 5.78. The summed E-state index contributed by atoms with van der Waals surface area (Å²) in [6, 6.07) is 8.08. The first-order chi connectivity index (χ1) is 8.76. The quantitative estimate of drug-likeness (QED) is 0.792. The first kappa shape index (κ1) is 13.6. The number of hydrogen-bond donors (Lipinski definition) is 2. The molecule has 0 saturated carbocycles. The van der Waals surface area contributed by atoms with Crippen LogP contribution < -0.4 is 0 Å². The molecule has 0 aliphatic rings. The highest BCUT2D eigenvalue weighted by atomic mass is 32.1. The molecule has 4 nitrogen and oxygen atoms in total. The van der Waals surface area contributed by atoms with Gasteiger partial charge in [-0.2, -0.15) is 0 Å². The molecule has 0 amide bonds. The molecular formula is C12H16N2O2S2. The topological polar surface area (TPSA) is 48.6 Å². The van der Waals surface area contributed by atoms with E-state index in [9.17, 15) is 0 Å². The molecule has 0 bridgehead atoms. The summed E-state index contributed by atoms with van der Waals surface area (Å²) < 4.78 is 4.02. The Labute approximate surface area is 115 Å². The van der Waals surface area contributed by atoms with Crippen molar-refractivity contribution in [2.24, 2.45) is 0 Å². The number of benzene rings is 1. The van der Waals surface area contributed by atoms with Crippen LogP contribution in [0.4, 0.5) is 0 Å². The van der Waals surface area contributed by atoms with Crippen LogP contribution in [0, 0.1) is 3.95 Å². The smallest absolute Gasteiger partial charge is 0.163 e. The van der Waals surface area contributed by atoms with Crippen LogP contribution in [0.3, 0.4) is 0 Å². The van der Waals surface area contributed by atoms with Gasteiger partial charge in [0.2, 0.25) is 0 Å². The highest BCUT2D eigenvalue weighted by Gasteiger charge is 2.09. The molecular weight excluding hydrogens is 268 g/mol. The zero-order valence-corrected chi connectivity index (χ0v) is 11.6. The van der Waals surface area contributed by atoms with Crippen LogP contribution in [0.5, 0.6) is 0 Å². The van der Waals surface area contributed by atoms with Crippen molar-refractivity contribution in [3.63, 3.8) is 0 Å². The first-order valence-corrected chi connectivity index (χ1v) is 7.01. The van der Waals surface area contributed by atoms with E-state index in [-0.39, 0.29) is 13.2 Å². The van der Waals surface area contributed by atoms with E-state index >= 15 is 0 Å². The number of aromatic nitrogens is 1. The van der Waals surface area contributed by atoms with E-state index in [0.717, 1.165) is 14.2 Å². The molecule has 0 fully saturated rings. The van der Waals surface area contributed by atoms with E-state index in [4.69, 9.17) is 22.4 Å². The molecule has 1 aromatic heterocycles. The van der Waals surface area contributed by atoms with Crippen molar-refractivity contribution >= 4 is 33.8 Å². The standard InChI is InChI=1S/C12H16N2O2S2/c15-7-5-13(6-8-16)9-14-10-3-1-2-4-11(10)18-12(14)17/h1-4,15-16H,5-9H2. The lowest BCUT2D eigenvalue weighted by Crippen LogP contribution is -2.31. The maximum atomic E-state index is 9.02. The summed E-state index contributed by atoms with van der Waals surface area (Å²) >= 11 is 6.95. The number of fused-ring (bicyclic) bond motifs is 1. The van der Waals surface area contributed by atoms with Gasteiger partial charge in [-0.3, -0.25) is 4.90 Å². The predicted octanol–water partition coefficient (Wildman–Crippen LogP) is 1.68. The number of aliphatic hydroxyl groups excluding tert-OH is 2. The minimum Gasteiger partial charge on any atom is -0.395 e. The Kier molecular flexibility index (Phi) is 4.85. The van der Waals surface area contributed by atoms with Crippen LogP contribution in [0.15, 0.2) is 24.3 Å². The minimum atomic E-state index is 0.0788. The van der Waals surface area contributed by atoms with Crippen molar-refractivity contribution in [1.29, 1.82) is 0 Å². The van der Waals surface area contributed by atoms with Gasteiger partial charge in [0, 0.05) is 13.1 Å². The minimum absolute atomic E-state index is 0.0788. The maximum absolute atomic E-state index is 9.02. The van der Waals surface area contributed by atoms with Crippen LogP contribution in [-0.2, 0) is 6.67 Å². The van der Waals surface area contributed by atoms with Gasteiger partial charge in [-0.15, -0.1) is 11.3 Å². The summed E-state index contributed by atoms with van der Waals surface area (Å²) in [5, 5.41) is 18.0. The van der Waals surface area contributed by atoms with Gasteiger partial charge in [-0.05, 0) is 24.4 Å². The molecule has 6 heteroatoms. The highest BCUT2D eigenvalue weighted by molar-refractivity contribution is 7.73. The largest absolute Gasteiger partial charge is 0.395 e. The van der Waals surface area contributed by atoms with E-state index in [1.165, 1.54) is 0 Å². The molecule has 2 aromatic rings. The monoisotopic (exact) mass is 284 g/mol. The molecule has 2 N–H and O–H groups in total. The van der Waals surface area contributed by atoms with Crippen molar-refractivity contribution in [2.75, 3.05) is 26.3 Å². The van der Waals surface area contributed by atoms with Crippen molar-refractivity contribution in [1.82, 2.24) is 9.47 Å². The summed E-state index contributed by atoms with van der Waals surface area (Å²) in [6.07, 6.45) is 0. The molecule has 0 spiro atoms. The third kappa shape index (κ3) is 2.96. The van der Waals surface area contributed by atoms with E-state index in [1.54, 1.807) is 11.3 Å². The second-order valence-electron chi connectivity index (χ2n) is 3.97. The average Bonchev–Trinajstić information content (AvgIpc) is 2.67. The Bertz CT molecular complexity index is 558. The Morgan fingerprint density at radius 1 is 1.17 bits per heavy atom. The van der Waals surface area contributed by atoms with E-state index < -0.39 is 0 Å². The molecule has 0 radical (unpaired) electrons. The molecule has 1 aromatic carbocycles. The van der Waals surface area contributed by atoms with Crippen molar-refractivity contribution in [2.45, 2.75) is 6.67 Å². The van der Waals surface area contributed by atoms with Gasteiger partial charge in [0.1, 0.15) is 0 Å². The third-order valence-corrected chi connectivity index (χ3v) is 4.18. The summed E-state index contributed by atoms with van der Waals surface area (Å²) in [7, 11) is 0. The number of hydrogen-bond acceptors (Lipinski definition) is 5. The fourth-order valence-electron chi connectivity index (χ4n) is 1.88. The second-order valence-corrected chi connectivity index (χ2v) is 5.65. The van der Waals surface area contributed by atoms with Gasteiger partial charge in [-0.25, -0.2) is 0 Å². The summed E-state index contributed by atoms with van der Waals surface area (Å²) in [6.45, 7) is 1.83. The van der Waals surface area contributed by atoms with Gasteiger partial charge < -0.3 is 14.8 Å². The molecule has 2 rings (SSSR count). The summed E-state index contributed by atoms with van der Waals surface area (Å²) in [5.41, 5.74) is 1.10. The van der Waals surface area contributed by atoms with Crippen LogP contribution in [0.25, 0.3) is 10.2 Å². The maximum Gasteiger partial charge on any atom is 0.163 e. The normalized spacial score (nSPS) is 11.5. The van der Waals surface area contributed by atoms with Crippen molar-refractivity contribution < 1.29 is 10.2 Å². The molecule has 0 aliphatic heterocycles. The van der Waals surface area contributed by atoms with Gasteiger partial charge >= 0.3 is 0 Å². The fraction of sp³-hybridized carbons (Fsp3) is 0.417. The lowest BCUT2D eigenvalue weighted by Gasteiger charge is -2.21. The molecule has 18 heavy (non-hydrogen) atoms. The molecule has 0 aliphatic carbocycles. The molecule has 1 heterocycles. The zero-order chi connectivity index (χ0) is 13.0. The molecule has 98 valence electrons. The van der Waals surface area contributed by atoms with Crippen molar-refractivity contribution in [3.05, 3.63) is 28.2 Å². The Morgan fingerprint density at radius 2 is 1.83 bits per heavy atom. The van der Waals surface area contributed by atoms with Crippen LogP contribution in [0.2, 0.25) is 0 Å². The lowest BCUT2D eigenvalue weighted by molar-refractivity contribution is 0.135. The predicted molar refractivity (Wildman–Crippen MR) is 76.4 cm³/mol. The fourth-order valence-corrected chi connectivity index (χ4v) is 3.19. The number of rotatable bonds is 6. The van der Waals surface area contributed by atoms with E-state index in [1.807, 2.05) is 27.7 Å².